The Morgan fingerprint density at radius 1 is 0.893 bits per heavy atom. The second-order valence-electron chi connectivity index (χ2n) is 6.14. The molecule has 0 saturated heterocycles. The van der Waals surface area contributed by atoms with Crippen molar-refractivity contribution in [3.8, 4) is 17.2 Å². The molecule has 0 aliphatic heterocycles. The third-order valence-corrected chi connectivity index (χ3v) is 4.28. The van der Waals surface area contributed by atoms with Crippen molar-refractivity contribution in [1.29, 1.82) is 0 Å². The number of rotatable bonds is 5. The molecule has 138 valence electrons. The number of carbonyl (C=O) groups excluding carboxylic acids is 1. The molecule has 1 N–H and O–H groups in total. The maximum absolute atomic E-state index is 12.2. The molecule has 0 aliphatic rings. The number of methoxy groups -OCH3 is 1. The Balaban J connectivity index is 1.52. The van der Waals surface area contributed by atoms with Gasteiger partial charge in [0.25, 0.3) is 5.91 Å². The molecule has 0 unspecified atom stereocenters. The van der Waals surface area contributed by atoms with Crippen molar-refractivity contribution < 1.29 is 14.3 Å². The van der Waals surface area contributed by atoms with Crippen LogP contribution in [-0.2, 0) is 0 Å². The third kappa shape index (κ3) is 3.78. The van der Waals surface area contributed by atoms with Crippen LogP contribution in [0.4, 0.5) is 5.69 Å². The number of ether oxygens (including phenoxy) is 2. The summed E-state index contributed by atoms with van der Waals surface area (Å²) >= 11 is 0. The molecule has 0 bridgehead atoms. The van der Waals surface area contributed by atoms with Gasteiger partial charge < -0.3 is 14.8 Å². The van der Waals surface area contributed by atoms with Gasteiger partial charge in [0, 0.05) is 22.8 Å². The molecule has 0 aliphatic carbocycles. The number of pyridine rings is 1. The number of benzene rings is 3. The molecule has 5 nitrogen and oxygen atoms in total. The molecule has 1 heterocycles. The Kier molecular flexibility index (Phi) is 4.89. The fraction of sp³-hybridized carbons (Fsp3) is 0.0435. The fourth-order valence-electron chi connectivity index (χ4n) is 2.84. The molecular weight excluding hydrogens is 352 g/mol. The zero-order chi connectivity index (χ0) is 19.3. The first-order valence-corrected chi connectivity index (χ1v) is 8.80. The SMILES string of the molecule is COc1ccc2nccc(Oc3ccc(NC(=O)c4ccccc4)cc3)c2c1. The molecule has 0 fully saturated rings. The van der Waals surface area contributed by atoms with Crippen molar-refractivity contribution in [1.82, 2.24) is 4.98 Å². The minimum absolute atomic E-state index is 0.151. The van der Waals surface area contributed by atoms with E-state index in [1.807, 2.05) is 54.6 Å². The Bertz CT molecular complexity index is 1110. The average Bonchev–Trinajstić information content (AvgIpc) is 2.75. The van der Waals surface area contributed by atoms with Gasteiger partial charge in [0.1, 0.15) is 17.2 Å². The van der Waals surface area contributed by atoms with E-state index in [4.69, 9.17) is 9.47 Å². The molecule has 1 amide bonds. The summed E-state index contributed by atoms with van der Waals surface area (Å²) in [5.41, 5.74) is 2.13. The first kappa shape index (κ1) is 17.5. The van der Waals surface area contributed by atoms with Crippen LogP contribution >= 0.6 is 0 Å². The van der Waals surface area contributed by atoms with E-state index in [2.05, 4.69) is 10.3 Å². The molecule has 0 saturated carbocycles. The van der Waals surface area contributed by atoms with Crippen molar-refractivity contribution in [2.24, 2.45) is 0 Å². The highest BCUT2D eigenvalue weighted by Crippen LogP contribution is 2.31. The van der Waals surface area contributed by atoms with Gasteiger partial charge in [-0.3, -0.25) is 9.78 Å². The number of nitrogens with zero attached hydrogens (tertiary/aromatic N) is 1. The number of aromatic nitrogens is 1. The number of nitrogens with one attached hydrogen (secondary N) is 1. The zero-order valence-corrected chi connectivity index (χ0v) is 15.3. The van der Waals surface area contributed by atoms with E-state index in [0.29, 0.717) is 22.7 Å². The number of amides is 1. The number of anilines is 1. The van der Waals surface area contributed by atoms with E-state index < -0.39 is 0 Å². The van der Waals surface area contributed by atoms with E-state index >= 15 is 0 Å². The second-order valence-corrected chi connectivity index (χ2v) is 6.14. The summed E-state index contributed by atoms with van der Waals surface area (Å²) in [5.74, 6) is 1.93. The van der Waals surface area contributed by atoms with Gasteiger partial charge in [0.05, 0.1) is 12.6 Å². The van der Waals surface area contributed by atoms with E-state index in [1.54, 1.807) is 37.6 Å². The maximum Gasteiger partial charge on any atom is 0.255 e. The molecule has 0 spiro atoms. The Hall–Kier alpha value is -3.86. The first-order valence-electron chi connectivity index (χ1n) is 8.80. The van der Waals surface area contributed by atoms with Crippen molar-refractivity contribution >= 4 is 22.5 Å². The zero-order valence-electron chi connectivity index (χ0n) is 15.3. The summed E-state index contributed by atoms with van der Waals surface area (Å²) in [7, 11) is 1.63. The number of hydrogen-bond donors (Lipinski definition) is 1. The van der Waals surface area contributed by atoms with Crippen LogP contribution in [0.1, 0.15) is 10.4 Å². The Labute approximate surface area is 162 Å². The van der Waals surface area contributed by atoms with E-state index in [-0.39, 0.29) is 5.91 Å². The highest BCUT2D eigenvalue weighted by molar-refractivity contribution is 6.04. The van der Waals surface area contributed by atoms with Gasteiger partial charge in [-0.05, 0) is 60.7 Å². The van der Waals surface area contributed by atoms with Gasteiger partial charge in [-0.25, -0.2) is 0 Å². The van der Waals surface area contributed by atoms with Crippen LogP contribution in [0, 0.1) is 0 Å². The summed E-state index contributed by atoms with van der Waals surface area (Å²) in [6, 6.07) is 23.8. The number of fused-ring (bicyclic) bond motifs is 1. The lowest BCUT2D eigenvalue weighted by Gasteiger charge is -2.11. The van der Waals surface area contributed by atoms with Gasteiger partial charge in [0.15, 0.2) is 0 Å². The van der Waals surface area contributed by atoms with Crippen LogP contribution in [0.2, 0.25) is 0 Å². The lowest BCUT2D eigenvalue weighted by molar-refractivity contribution is 0.102. The molecular formula is C23H18N2O3. The van der Waals surface area contributed by atoms with Gasteiger partial charge >= 0.3 is 0 Å². The van der Waals surface area contributed by atoms with Crippen LogP contribution in [0.25, 0.3) is 10.9 Å². The standard InChI is InChI=1S/C23H18N2O3/c1-27-19-11-12-21-20(15-19)22(13-14-24-21)28-18-9-7-17(8-10-18)25-23(26)16-5-3-2-4-6-16/h2-15H,1H3,(H,25,26). The lowest BCUT2D eigenvalue weighted by Crippen LogP contribution is -2.11. The number of hydrogen-bond acceptors (Lipinski definition) is 4. The van der Waals surface area contributed by atoms with E-state index in [1.165, 1.54) is 0 Å². The fourth-order valence-corrected chi connectivity index (χ4v) is 2.84. The van der Waals surface area contributed by atoms with Crippen LogP contribution < -0.4 is 14.8 Å². The van der Waals surface area contributed by atoms with Gasteiger partial charge in [0.2, 0.25) is 0 Å². The monoisotopic (exact) mass is 370 g/mol. The molecule has 0 atom stereocenters. The molecule has 28 heavy (non-hydrogen) atoms. The van der Waals surface area contributed by atoms with Crippen LogP contribution in [0.3, 0.4) is 0 Å². The minimum atomic E-state index is -0.151. The van der Waals surface area contributed by atoms with Crippen LogP contribution in [0.5, 0.6) is 17.2 Å². The quantitative estimate of drug-likeness (QED) is 0.519. The third-order valence-electron chi connectivity index (χ3n) is 4.28. The second kappa shape index (κ2) is 7.80. The lowest BCUT2D eigenvalue weighted by atomic mass is 10.2. The summed E-state index contributed by atoms with van der Waals surface area (Å²) in [5, 5.41) is 3.74. The largest absolute Gasteiger partial charge is 0.497 e. The van der Waals surface area contributed by atoms with Gasteiger partial charge in [-0.2, -0.15) is 0 Å². The normalized spacial score (nSPS) is 10.5. The average molecular weight is 370 g/mol. The summed E-state index contributed by atoms with van der Waals surface area (Å²) in [6.45, 7) is 0. The highest BCUT2D eigenvalue weighted by atomic mass is 16.5. The summed E-state index contributed by atoms with van der Waals surface area (Å²) in [6.07, 6.45) is 1.71. The molecule has 3 aromatic carbocycles. The molecule has 0 radical (unpaired) electrons. The maximum atomic E-state index is 12.2. The van der Waals surface area contributed by atoms with Crippen molar-refractivity contribution in [3.63, 3.8) is 0 Å². The summed E-state index contributed by atoms with van der Waals surface area (Å²) < 4.78 is 11.3. The van der Waals surface area contributed by atoms with Crippen molar-refractivity contribution in [3.05, 3.63) is 90.6 Å². The summed E-state index contributed by atoms with van der Waals surface area (Å²) in [4.78, 5) is 16.6. The topological polar surface area (TPSA) is 60.5 Å². The molecule has 1 aromatic heterocycles. The van der Waals surface area contributed by atoms with Crippen LogP contribution in [0.15, 0.2) is 85.1 Å². The van der Waals surface area contributed by atoms with Gasteiger partial charge in [-0.15, -0.1) is 0 Å². The van der Waals surface area contributed by atoms with Gasteiger partial charge in [-0.1, -0.05) is 18.2 Å². The predicted octanol–water partition coefficient (Wildman–Crippen LogP) is 5.29. The van der Waals surface area contributed by atoms with E-state index in [0.717, 1.165) is 16.7 Å². The smallest absolute Gasteiger partial charge is 0.255 e. The number of carbonyl (C=O) groups is 1. The highest BCUT2D eigenvalue weighted by Gasteiger charge is 2.08. The molecule has 4 rings (SSSR count). The van der Waals surface area contributed by atoms with Crippen molar-refractivity contribution in [2.45, 2.75) is 0 Å². The molecule has 5 heteroatoms. The Morgan fingerprint density at radius 2 is 1.64 bits per heavy atom. The molecule has 4 aromatic rings. The Morgan fingerprint density at radius 3 is 2.39 bits per heavy atom. The predicted molar refractivity (Wildman–Crippen MR) is 109 cm³/mol. The van der Waals surface area contributed by atoms with Crippen molar-refractivity contribution in [2.75, 3.05) is 12.4 Å². The first-order chi connectivity index (χ1) is 13.7. The van der Waals surface area contributed by atoms with E-state index in [9.17, 15) is 4.79 Å². The minimum Gasteiger partial charge on any atom is -0.497 e. The van der Waals surface area contributed by atoms with Crippen LogP contribution in [-0.4, -0.2) is 18.0 Å².